The molecule has 1 aliphatic rings. The number of nitrogens with zero attached hydrogens (tertiary/aromatic N) is 3. The molecule has 2 aromatic heterocycles. The molecule has 11 heteroatoms. The van der Waals surface area contributed by atoms with Crippen LogP contribution in [0.25, 0.3) is 11.8 Å². The van der Waals surface area contributed by atoms with Crippen LogP contribution in [0.4, 0.5) is 0 Å². The lowest BCUT2D eigenvalue weighted by Crippen LogP contribution is -2.39. The Kier molecular flexibility index (Phi) is 9.64. The summed E-state index contributed by atoms with van der Waals surface area (Å²) >= 11 is 7.27. The fourth-order valence-electron chi connectivity index (χ4n) is 4.94. The van der Waals surface area contributed by atoms with E-state index in [2.05, 4.69) is 51.3 Å². The van der Waals surface area contributed by atoms with Crippen molar-refractivity contribution in [2.45, 2.75) is 19.6 Å². The third kappa shape index (κ3) is 6.55. The first kappa shape index (κ1) is 31.4. The zero-order valence-electron chi connectivity index (χ0n) is 23.7. The zero-order chi connectivity index (χ0) is 31.5. The predicted octanol–water partition coefficient (Wildman–Crippen LogP) is 6.66. The molecule has 0 bridgehead atoms. The van der Waals surface area contributed by atoms with E-state index in [-0.39, 0.29) is 12.2 Å². The molecule has 3 aromatic carbocycles. The van der Waals surface area contributed by atoms with Gasteiger partial charge in [0.05, 0.1) is 41.2 Å². The highest BCUT2D eigenvalue weighted by molar-refractivity contribution is 14.1. The molecule has 6 rings (SSSR count). The molecule has 1 atom stereocenters. The van der Waals surface area contributed by atoms with Gasteiger partial charge in [-0.2, -0.15) is 5.26 Å². The Balaban J connectivity index is 1.43. The summed E-state index contributed by atoms with van der Waals surface area (Å²) in [5, 5.41) is 11.0. The van der Waals surface area contributed by atoms with Gasteiger partial charge in [0.2, 0.25) is 0 Å². The van der Waals surface area contributed by atoms with Crippen LogP contribution in [0.5, 0.6) is 5.75 Å². The minimum atomic E-state index is -0.670. The molecule has 0 aliphatic carbocycles. The third-order valence-corrected chi connectivity index (χ3v) is 10.5. The van der Waals surface area contributed by atoms with Crippen molar-refractivity contribution in [3.05, 3.63) is 144 Å². The highest BCUT2D eigenvalue weighted by atomic mass is 127. The number of ether oxygens (including phenoxy) is 2. The van der Waals surface area contributed by atoms with Crippen LogP contribution in [0.2, 0.25) is 0 Å². The molecule has 7 nitrogen and oxygen atoms in total. The molecule has 0 radical (unpaired) electrons. The number of benzene rings is 3. The van der Waals surface area contributed by atoms with Gasteiger partial charge in [-0.1, -0.05) is 59.9 Å². The Bertz CT molecular complexity index is 2120. The van der Waals surface area contributed by atoms with Crippen LogP contribution in [0.1, 0.15) is 40.1 Å². The van der Waals surface area contributed by atoms with Crippen molar-refractivity contribution in [1.82, 2.24) is 4.57 Å². The normalized spacial score (nSPS) is 14.4. The smallest absolute Gasteiger partial charge is 0.338 e. The van der Waals surface area contributed by atoms with Crippen molar-refractivity contribution in [1.29, 1.82) is 5.26 Å². The number of aromatic nitrogens is 1. The van der Waals surface area contributed by atoms with Gasteiger partial charge in [-0.15, -0.1) is 11.3 Å². The number of hydrogen-bond acceptors (Lipinski definition) is 8. The number of thiazole rings is 1. The number of thiophene rings is 1. The summed E-state index contributed by atoms with van der Waals surface area (Å²) in [4.78, 5) is 33.9. The van der Waals surface area contributed by atoms with Crippen molar-refractivity contribution in [2.75, 3.05) is 6.61 Å². The number of nitriles is 1. The Hall–Kier alpha value is -3.58. The number of halogens is 2. The highest BCUT2D eigenvalue weighted by Crippen LogP contribution is 2.37. The first-order chi connectivity index (χ1) is 21.9. The van der Waals surface area contributed by atoms with Crippen molar-refractivity contribution < 1.29 is 14.3 Å². The average molecular weight is 856 g/mol. The predicted molar refractivity (Wildman–Crippen MR) is 193 cm³/mol. The van der Waals surface area contributed by atoms with E-state index in [4.69, 9.17) is 19.7 Å². The molecule has 0 N–H and O–H groups in total. The average Bonchev–Trinajstić information content (AvgIpc) is 3.69. The minimum Gasteiger partial charge on any atom is -0.487 e. The van der Waals surface area contributed by atoms with E-state index in [0.29, 0.717) is 32.8 Å². The van der Waals surface area contributed by atoms with Gasteiger partial charge >= 0.3 is 5.97 Å². The molecule has 0 unspecified atom stereocenters. The minimum absolute atomic E-state index is 0.205. The monoisotopic (exact) mass is 855 g/mol. The molecule has 1 aliphatic heterocycles. The van der Waals surface area contributed by atoms with Crippen LogP contribution in [-0.2, 0) is 16.1 Å². The lowest BCUT2D eigenvalue weighted by molar-refractivity contribution is -0.138. The summed E-state index contributed by atoms with van der Waals surface area (Å²) in [6.45, 7) is 2.34. The van der Waals surface area contributed by atoms with E-state index in [1.54, 1.807) is 23.6 Å². The standard InChI is InChI=1S/C34H23I2N3O4S2/c1-2-42-33(41)28-29(23-7-4-3-5-8-23)38-34-39(30(28)26-9-6-14-44-26)32(40)27(45-34)17-22-15-24(35)31(25(36)16-22)43-19-21-12-10-20(18-37)11-13-21/h3-17,30H,2,19H2,1H3/b27-17-/t30-/m1/s1. The summed E-state index contributed by atoms with van der Waals surface area (Å²) in [5.41, 5.74) is 3.82. The fourth-order valence-corrected chi connectivity index (χ4v) is 8.89. The molecular formula is C34H23I2N3O4S2. The van der Waals surface area contributed by atoms with Crippen molar-refractivity contribution in [3.8, 4) is 11.8 Å². The van der Waals surface area contributed by atoms with Gasteiger partial charge in [0.25, 0.3) is 5.56 Å². The van der Waals surface area contributed by atoms with Crippen LogP contribution in [0.15, 0.2) is 99.6 Å². The molecule has 0 spiro atoms. The van der Waals surface area contributed by atoms with Crippen LogP contribution >= 0.6 is 67.9 Å². The maximum atomic E-state index is 14.1. The first-order valence-electron chi connectivity index (χ1n) is 13.8. The SMILES string of the molecule is CCOC(=O)C1=C(c2ccccc2)N=c2s/c(=C\c3cc(I)c(OCc4ccc(C#N)cc4)c(I)c3)c(=O)n2[C@@H]1c1cccs1. The largest absolute Gasteiger partial charge is 0.487 e. The summed E-state index contributed by atoms with van der Waals surface area (Å²) in [6, 6.07) is 26.1. The lowest BCUT2D eigenvalue weighted by Gasteiger charge is -2.24. The molecule has 5 aromatic rings. The van der Waals surface area contributed by atoms with Crippen molar-refractivity contribution in [2.24, 2.45) is 4.99 Å². The summed E-state index contributed by atoms with van der Waals surface area (Å²) in [6.07, 6.45) is 1.86. The third-order valence-electron chi connectivity index (χ3n) is 6.97. The van der Waals surface area contributed by atoms with Gasteiger partial charge in [-0.3, -0.25) is 9.36 Å². The van der Waals surface area contributed by atoms with Crippen LogP contribution in [-0.4, -0.2) is 17.1 Å². The highest BCUT2D eigenvalue weighted by Gasteiger charge is 2.35. The first-order valence-corrected chi connectivity index (χ1v) is 17.7. The quantitative estimate of drug-likeness (QED) is 0.129. The molecule has 45 heavy (non-hydrogen) atoms. The second kappa shape index (κ2) is 13.8. The number of rotatable bonds is 8. The number of carbonyl (C=O) groups excluding carboxylic acids is 1. The second-order valence-electron chi connectivity index (χ2n) is 9.86. The summed E-state index contributed by atoms with van der Waals surface area (Å²) < 4.78 is 15.6. The van der Waals surface area contributed by atoms with Crippen LogP contribution < -0.4 is 19.6 Å². The number of carbonyl (C=O) groups is 1. The molecule has 0 fully saturated rings. The number of fused-ring (bicyclic) bond motifs is 1. The van der Waals surface area contributed by atoms with Gasteiger partial charge < -0.3 is 9.47 Å². The molecular weight excluding hydrogens is 832 g/mol. The van der Waals surface area contributed by atoms with Crippen LogP contribution in [0.3, 0.4) is 0 Å². The lowest BCUT2D eigenvalue weighted by atomic mass is 9.97. The maximum absolute atomic E-state index is 14.1. The Labute approximate surface area is 294 Å². The van der Waals surface area contributed by atoms with Gasteiger partial charge in [-0.25, -0.2) is 9.79 Å². The van der Waals surface area contributed by atoms with Crippen molar-refractivity contribution >= 4 is 85.6 Å². The van der Waals surface area contributed by atoms with E-state index in [1.807, 2.05) is 78.2 Å². The summed E-state index contributed by atoms with van der Waals surface area (Å²) in [7, 11) is 0. The van der Waals surface area contributed by atoms with Gasteiger partial charge in [-0.05, 0) is 105 Å². The fraction of sp³-hybridized carbons (Fsp3) is 0.118. The molecule has 3 heterocycles. The zero-order valence-corrected chi connectivity index (χ0v) is 29.6. The number of hydrogen-bond donors (Lipinski definition) is 0. The second-order valence-corrected chi connectivity index (χ2v) is 14.2. The van der Waals surface area contributed by atoms with E-state index < -0.39 is 12.0 Å². The van der Waals surface area contributed by atoms with E-state index in [9.17, 15) is 9.59 Å². The topological polar surface area (TPSA) is 93.7 Å². The van der Waals surface area contributed by atoms with Crippen LogP contribution in [0, 0.1) is 18.5 Å². The number of esters is 1. The molecule has 0 saturated heterocycles. The Morgan fingerprint density at radius 3 is 2.44 bits per heavy atom. The van der Waals surface area contributed by atoms with E-state index in [1.165, 1.54) is 22.7 Å². The van der Waals surface area contributed by atoms with E-state index in [0.717, 1.165) is 34.5 Å². The Morgan fingerprint density at radius 2 is 1.80 bits per heavy atom. The van der Waals surface area contributed by atoms with E-state index >= 15 is 0 Å². The summed E-state index contributed by atoms with van der Waals surface area (Å²) in [5.74, 6) is 0.261. The molecule has 0 amide bonds. The van der Waals surface area contributed by atoms with Gasteiger partial charge in [0, 0.05) is 10.4 Å². The molecule has 224 valence electrons. The van der Waals surface area contributed by atoms with Gasteiger partial charge in [0.15, 0.2) is 4.80 Å². The van der Waals surface area contributed by atoms with Gasteiger partial charge in [0.1, 0.15) is 18.4 Å². The maximum Gasteiger partial charge on any atom is 0.338 e. The van der Waals surface area contributed by atoms with Crippen molar-refractivity contribution in [3.63, 3.8) is 0 Å². The Morgan fingerprint density at radius 1 is 1.07 bits per heavy atom. The molecule has 0 saturated carbocycles.